The largest absolute Gasteiger partial charge is 0.464 e. The van der Waals surface area contributed by atoms with Gasteiger partial charge >= 0.3 is 5.97 Å². The minimum Gasteiger partial charge on any atom is -0.464 e. The summed E-state index contributed by atoms with van der Waals surface area (Å²) in [5, 5.41) is 16.3. The van der Waals surface area contributed by atoms with E-state index in [0.29, 0.717) is 5.56 Å². The summed E-state index contributed by atoms with van der Waals surface area (Å²) in [6, 6.07) is 10.3. The van der Waals surface area contributed by atoms with Crippen LogP contribution in [0.15, 0.2) is 53.0 Å². The number of aryl methyl sites for hydroxylation is 1. The van der Waals surface area contributed by atoms with Crippen molar-refractivity contribution in [1.82, 2.24) is 20.2 Å². The van der Waals surface area contributed by atoms with E-state index in [2.05, 4.69) is 20.8 Å². The zero-order chi connectivity index (χ0) is 19.0. The molecule has 136 valence electrons. The van der Waals surface area contributed by atoms with Crippen LogP contribution in [-0.2, 0) is 9.53 Å². The average Bonchev–Trinajstić information content (AvgIpc) is 3.37. The zero-order valence-electron chi connectivity index (χ0n) is 14.5. The number of tetrazole rings is 1. The molecule has 0 saturated carbocycles. The van der Waals surface area contributed by atoms with Crippen molar-refractivity contribution in [3.05, 3.63) is 69.1 Å². The van der Waals surface area contributed by atoms with Crippen molar-refractivity contribution in [2.45, 2.75) is 13.0 Å². The molecule has 0 spiro atoms. The maximum absolute atomic E-state index is 13.4. The second-order valence-corrected chi connectivity index (χ2v) is 6.94. The topological polar surface area (TPSA) is 99.0 Å². The number of rotatable bonds is 4. The lowest BCUT2D eigenvalue weighted by Crippen LogP contribution is -2.32. The van der Waals surface area contributed by atoms with Crippen molar-refractivity contribution in [2.24, 2.45) is 0 Å². The van der Waals surface area contributed by atoms with Crippen molar-refractivity contribution in [2.75, 3.05) is 12.4 Å². The molecule has 9 heteroatoms. The van der Waals surface area contributed by atoms with Gasteiger partial charge in [-0.3, -0.25) is 4.79 Å². The van der Waals surface area contributed by atoms with E-state index in [1.54, 1.807) is 12.1 Å². The number of ketones is 1. The number of nitrogens with zero attached hydrogens (tertiary/aromatic N) is 4. The molecule has 0 fully saturated rings. The van der Waals surface area contributed by atoms with Crippen molar-refractivity contribution in [3.63, 3.8) is 0 Å². The Labute approximate surface area is 158 Å². The van der Waals surface area contributed by atoms with Gasteiger partial charge in [-0.05, 0) is 28.8 Å². The molecule has 0 amide bonds. The Morgan fingerprint density at radius 2 is 2.00 bits per heavy atom. The van der Waals surface area contributed by atoms with Gasteiger partial charge in [0.2, 0.25) is 5.95 Å². The smallest absolute Gasteiger partial charge is 0.355 e. The van der Waals surface area contributed by atoms with Crippen LogP contribution in [0.5, 0.6) is 0 Å². The number of carbonyl (C=O) groups excluding carboxylic acids is 2. The summed E-state index contributed by atoms with van der Waals surface area (Å²) in [7, 11) is 1.27. The summed E-state index contributed by atoms with van der Waals surface area (Å²) in [6.07, 6.45) is 0. The van der Waals surface area contributed by atoms with Gasteiger partial charge in [0.25, 0.3) is 0 Å². The molecular formula is C18H15N5O3S. The second kappa shape index (κ2) is 6.76. The molecule has 1 N–H and O–H groups in total. The number of benzene rings is 1. The summed E-state index contributed by atoms with van der Waals surface area (Å²) in [5.74, 6) is -0.669. The lowest BCUT2D eigenvalue weighted by molar-refractivity contribution is -0.136. The normalized spacial score (nSPS) is 15.9. The van der Waals surface area contributed by atoms with Gasteiger partial charge in [-0.15, -0.1) is 11.3 Å². The zero-order valence-corrected chi connectivity index (χ0v) is 15.4. The number of allylic oxidation sites excluding steroid dienone is 1. The van der Waals surface area contributed by atoms with E-state index in [-0.39, 0.29) is 23.0 Å². The Hall–Kier alpha value is -3.33. The minimum absolute atomic E-state index is 0.0452. The van der Waals surface area contributed by atoms with E-state index in [1.807, 2.05) is 36.6 Å². The van der Waals surface area contributed by atoms with Crippen LogP contribution in [-0.4, -0.2) is 39.1 Å². The lowest BCUT2D eigenvalue weighted by Gasteiger charge is -2.27. The number of hydrogen-bond donors (Lipinski definition) is 1. The fourth-order valence-corrected chi connectivity index (χ4v) is 3.78. The van der Waals surface area contributed by atoms with E-state index < -0.39 is 12.0 Å². The Morgan fingerprint density at radius 3 is 2.67 bits per heavy atom. The summed E-state index contributed by atoms with van der Waals surface area (Å²) in [5.41, 5.74) is 1.79. The number of fused-ring (bicyclic) bond motifs is 1. The molecule has 1 aliphatic rings. The van der Waals surface area contributed by atoms with Crippen LogP contribution in [0.2, 0.25) is 0 Å². The summed E-state index contributed by atoms with van der Waals surface area (Å²) in [4.78, 5) is 26.7. The monoisotopic (exact) mass is 381 g/mol. The fraction of sp³-hybridized carbons (Fsp3) is 0.167. The van der Waals surface area contributed by atoms with Crippen molar-refractivity contribution in [1.29, 1.82) is 0 Å². The molecule has 3 aromatic rings. The first-order valence-electron chi connectivity index (χ1n) is 8.12. The van der Waals surface area contributed by atoms with E-state index in [0.717, 1.165) is 10.4 Å². The van der Waals surface area contributed by atoms with Crippen LogP contribution in [0.25, 0.3) is 0 Å². The number of nitrogens with one attached hydrogen (secondary N) is 1. The first kappa shape index (κ1) is 17.1. The molecule has 4 rings (SSSR count). The molecule has 0 aliphatic carbocycles. The predicted octanol–water partition coefficient (Wildman–Crippen LogP) is 2.37. The van der Waals surface area contributed by atoms with E-state index in [1.165, 1.54) is 23.1 Å². The van der Waals surface area contributed by atoms with Gasteiger partial charge in [0.05, 0.1) is 12.7 Å². The van der Waals surface area contributed by atoms with Gasteiger partial charge in [-0.1, -0.05) is 41.0 Å². The van der Waals surface area contributed by atoms with Crippen molar-refractivity contribution < 1.29 is 14.3 Å². The SMILES string of the molecule is COC(=O)C1=C(C(=O)c2ccc(C)cc2)C(c2cccs2)n2nnnc2N1. The molecule has 1 aromatic carbocycles. The first-order chi connectivity index (χ1) is 13.1. The highest BCUT2D eigenvalue weighted by Crippen LogP contribution is 2.38. The number of thiophene rings is 1. The lowest BCUT2D eigenvalue weighted by atomic mass is 9.92. The highest BCUT2D eigenvalue weighted by Gasteiger charge is 2.38. The van der Waals surface area contributed by atoms with E-state index in [4.69, 9.17) is 4.74 Å². The van der Waals surface area contributed by atoms with Gasteiger partial charge in [0.15, 0.2) is 5.78 Å². The van der Waals surface area contributed by atoms with Gasteiger partial charge in [-0.2, -0.15) is 4.68 Å². The number of carbonyl (C=O) groups is 2. The van der Waals surface area contributed by atoms with Crippen molar-refractivity contribution in [3.8, 4) is 0 Å². The fourth-order valence-electron chi connectivity index (χ4n) is 2.96. The molecule has 0 bridgehead atoms. The minimum atomic E-state index is -0.652. The molecule has 3 heterocycles. The Bertz CT molecular complexity index is 1040. The van der Waals surface area contributed by atoms with Gasteiger partial charge in [0, 0.05) is 10.4 Å². The molecular weight excluding hydrogens is 366 g/mol. The second-order valence-electron chi connectivity index (χ2n) is 5.97. The highest BCUT2D eigenvalue weighted by atomic mass is 32.1. The highest BCUT2D eigenvalue weighted by molar-refractivity contribution is 7.10. The van der Waals surface area contributed by atoms with Gasteiger partial charge in [0.1, 0.15) is 11.7 Å². The first-order valence-corrected chi connectivity index (χ1v) is 9.00. The number of aromatic nitrogens is 4. The number of Topliss-reactive ketones (excluding diaryl/α,β-unsaturated/α-hetero) is 1. The Kier molecular flexibility index (Phi) is 4.28. The summed E-state index contributed by atoms with van der Waals surface area (Å²) < 4.78 is 6.40. The van der Waals surface area contributed by atoms with Crippen LogP contribution in [0.3, 0.4) is 0 Å². The maximum atomic E-state index is 13.4. The Morgan fingerprint density at radius 1 is 1.22 bits per heavy atom. The molecule has 27 heavy (non-hydrogen) atoms. The molecule has 1 aliphatic heterocycles. The number of methoxy groups -OCH3 is 1. The van der Waals surface area contributed by atoms with Gasteiger partial charge in [-0.25, -0.2) is 4.79 Å². The summed E-state index contributed by atoms with van der Waals surface area (Å²) in [6.45, 7) is 1.94. The van der Waals surface area contributed by atoms with Crippen LogP contribution < -0.4 is 5.32 Å². The molecule has 1 atom stereocenters. The number of anilines is 1. The Balaban J connectivity index is 1.93. The van der Waals surface area contributed by atoms with E-state index >= 15 is 0 Å². The third kappa shape index (κ3) is 2.91. The van der Waals surface area contributed by atoms with Crippen LogP contribution in [0.1, 0.15) is 26.8 Å². The van der Waals surface area contributed by atoms with Gasteiger partial charge < -0.3 is 10.1 Å². The molecule has 0 saturated heterocycles. The molecule has 0 radical (unpaired) electrons. The van der Waals surface area contributed by atoms with Crippen LogP contribution in [0.4, 0.5) is 5.95 Å². The standard InChI is InChI=1S/C18H15N5O3S/c1-10-5-7-11(8-6-10)16(24)13-14(17(25)26-2)19-18-20-21-22-23(18)15(13)12-4-3-9-27-12/h3-9,15H,1-2H3,(H,19,20,22). The predicted molar refractivity (Wildman–Crippen MR) is 98.4 cm³/mol. The number of ether oxygens (including phenoxy) is 1. The summed E-state index contributed by atoms with van der Waals surface area (Å²) >= 11 is 1.45. The molecule has 1 unspecified atom stereocenters. The van der Waals surface area contributed by atoms with E-state index in [9.17, 15) is 9.59 Å². The van der Waals surface area contributed by atoms with Crippen LogP contribution >= 0.6 is 11.3 Å². The maximum Gasteiger partial charge on any atom is 0.355 e. The third-order valence-corrected chi connectivity index (χ3v) is 5.20. The molecule has 8 nitrogen and oxygen atoms in total. The number of esters is 1. The third-order valence-electron chi connectivity index (χ3n) is 4.28. The quantitative estimate of drug-likeness (QED) is 0.547. The number of hydrogen-bond acceptors (Lipinski definition) is 8. The molecule has 2 aromatic heterocycles. The van der Waals surface area contributed by atoms with Crippen molar-refractivity contribution >= 4 is 29.0 Å². The van der Waals surface area contributed by atoms with Crippen LogP contribution in [0, 0.1) is 6.92 Å². The average molecular weight is 381 g/mol.